The summed E-state index contributed by atoms with van der Waals surface area (Å²) in [5, 5.41) is 11.3. The molecule has 0 aromatic heterocycles. The molecule has 0 heterocycles. The molecule has 2 nitrogen and oxygen atoms in total. The van der Waals surface area contributed by atoms with Crippen LogP contribution >= 0.6 is 0 Å². The molecule has 0 bridgehead atoms. The molecule has 3 unspecified atom stereocenters. The van der Waals surface area contributed by atoms with E-state index in [1.54, 1.807) is 0 Å². The summed E-state index contributed by atoms with van der Waals surface area (Å²) in [6.07, 6.45) is 1.33. The number of ketones is 1. The van der Waals surface area contributed by atoms with E-state index >= 15 is 0 Å². The van der Waals surface area contributed by atoms with Gasteiger partial charge in [0.25, 0.3) is 0 Å². The van der Waals surface area contributed by atoms with Gasteiger partial charge in [-0.3, -0.25) is 4.79 Å². The van der Waals surface area contributed by atoms with Crippen molar-refractivity contribution in [2.45, 2.75) is 80.8 Å². The van der Waals surface area contributed by atoms with Crippen molar-refractivity contribution in [1.82, 2.24) is 0 Å². The highest BCUT2D eigenvalue weighted by molar-refractivity contribution is 5.84. The Morgan fingerprint density at radius 2 is 1.71 bits per heavy atom. The summed E-state index contributed by atoms with van der Waals surface area (Å²) in [6, 6.07) is 0. The molecule has 0 radical (unpaired) electrons. The van der Waals surface area contributed by atoms with Crippen molar-refractivity contribution in [2.24, 2.45) is 22.7 Å². The molecule has 1 N–H and O–H groups in total. The Morgan fingerprint density at radius 1 is 1.24 bits per heavy atom. The minimum absolute atomic E-state index is 0.0336. The molecule has 0 aromatic rings. The second-order valence-corrected chi connectivity index (χ2v) is 8.98. The average Bonchev–Trinajstić information content (AvgIpc) is 2.23. The lowest BCUT2D eigenvalue weighted by Crippen LogP contribution is -2.52. The average molecular weight is 294 g/mol. The Kier molecular flexibility index (Phi) is 4.85. The molecule has 1 aliphatic rings. The summed E-state index contributed by atoms with van der Waals surface area (Å²) in [4.78, 5) is 12.4. The fourth-order valence-electron chi connectivity index (χ4n) is 4.56. The van der Waals surface area contributed by atoms with Gasteiger partial charge in [-0.05, 0) is 42.6 Å². The molecular formula is C19H34O2. The first-order valence-electron chi connectivity index (χ1n) is 8.21. The monoisotopic (exact) mass is 294 g/mol. The van der Waals surface area contributed by atoms with Crippen LogP contribution in [0, 0.1) is 22.7 Å². The van der Waals surface area contributed by atoms with Crippen LogP contribution in [0.3, 0.4) is 0 Å². The summed E-state index contributed by atoms with van der Waals surface area (Å²) >= 11 is 0. The summed E-state index contributed by atoms with van der Waals surface area (Å²) in [5.74, 6) is 0.357. The summed E-state index contributed by atoms with van der Waals surface area (Å²) in [6.45, 7) is 18.8. The number of hydrogen-bond acceptors (Lipinski definition) is 2. The Labute approximate surface area is 131 Å². The maximum absolute atomic E-state index is 12.4. The zero-order valence-corrected chi connectivity index (χ0v) is 15.4. The van der Waals surface area contributed by atoms with Crippen LogP contribution in [0.25, 0.3) is 0 Å². The van der Waals surface area contributed by atoms with E-state index < -0.39 is 5.60 Å². The Hall–Kier alpha value is -0.630. The first-order valence-corrected chi connectivity index (χ1v) is 8.21. The van der Waals surface area contributed by atoms with Gasteiger partial charge in [-0.25, -0.2) is 0 Å². The summed E-state index contributed by atoms with van der Waals surface area (Å²) < 4.78 is 0. The molecule has 1 aliphatic carbocycles. The van der Waals surface area contributed by atoms with Crippen LogP contribution in [-0.2, 0) is 4.79 Å². The van der Waals surface area contributed by atoms with Gasteiger partial charge in [0.05, 0.1) is 5.60 Å². The highest BCUT2D eigenvalue weighted by Gasteiger charge is 2.51. The van der Waals surface area contributed by atoms with Crippen molar-refractivity contribution >= 4 is 5.78 Å². The lowest BCUT2D eigenvalue weighted by Gasteiger charge is -2.52. The maximum atomic E-state index is 12.4. The van der Waals surface area contributed by atoms with Gasteiger partial charge >= 0.3 is 0 Å². The molecule has 0 amide bonds. The third-order valence-corrected chi connectivity index (χ3v) is 5.11. The SMILES string of the molecule is CCC(=O)C1CC(C(C)(C)C)C(C)(O)C(C(C)(C)C)=C1C. The number of carbonyl (C=O) groups is 1. The van der Waals surface area contributed by atoms with Crippen LogP contribution in [0.4, 0.5) is 0 Å². The lowest BCUT2D eigenvalue weighted by atomic mass is 9.55. The zero-order valence-electron chi connectivity index (χ0n) is 15.4. The van der Waals surface area contributed by atoms with E-state index in [-0.39, 0.29) is 22.7 Å². The van der Waals surface area contributed by atoms with Crippen molar-refractivity contribution in [2.75, 3.05) is 0 Å². The van der Waals surface area contributed by atoms with Crippen molar-refractivity contribution in [3.05, 3.63) is 11.1 Å². The smallest absolute Gasteiger partial charge is 0.139 e. The van der Waals surface area contributed by atoms with Crippen molar-refractivity contribution in [3.8, 4) is 0 Å². The molecular weight excluding hydrogens is 260 g/mol. The quantitative estimate of drug-likeness (QED) is 0.745. The predicted octanol–water partition coefficient (Wildman–Crippen LogP) is 4.76. The molecule has 122 valence electrons. The topological polar surface area (TPSA) is 37.3 Å². The van der Waals surface area contributed by atoms with Crippen molar-refractivity contribution in [1.29, 1.82) is 0 Å². The highest BCUT2D eigenvalue weighted by Crippen LogP contribution is 2.53. The van der Waals surface area contributed by atoms with E-state index in [0.717, 1.165) is 17.6 Å². The number of rotatable bonds is 2. The fourth-order valence-corrected chi connectivity index (χ4v) is 4.56. The predicted molar refractivity (Wildman–Crippen MR) is 89.1 cm³/mol. The third-order valence-electron chi connectivity index (χ3n) is 5.11. The van der Waals surface area contributed by atoms with E-state index in [9.17, 15) is 9.90 Å². The van der Waals surface area contributed by atoms with Gasteiger partial charge in [0.1, 0.15) is 5.78 Å². The van der Waals surface area contributed by atoms with Gasteiger partial charge < -0.3 is 5.11 Å². The van der Waals surface area contributed by atoms with Gasteiger partial charge in [-0.2, -0.15) is 0 Å². The van der Waals surface area contributed by atoms with E-state index in [2.05, 4.69) is 41.5 Å². The second-order valence-electron chi connectivity index (χ2n) is 8.98. The number of carbonyl (C=O) groups excluding carboxylic acids is 1. The maximum Gasteiger partial charge on any atom is 0.139 e. The molecule has 0 aliphatic heterocycles. The first-order chi connectivity index (χ1) is 9.24. The molecule has 2 heteroatoms. The molecule has 0 saturated heterocycles. The van der Waals surface area contributed by atoms with Crippen LogP contribution in [0.1, 0.15) is 75.2 Å². The standard InChI is InChI=1S/C19H34O2/c1-10-14(20)13-11-15(17(3,4)5)19(9,21)16(12(13)2)18(6,7)8/h13,15,21H,10-11H2,1-9H3. The molecule has 21 heavy (non-hydrogen) atoms. The Morgan fingerprint density at radius 3 is 2.05 bits per heavy atom. The Bertz CT molecular complexity index is 441. The summed E-state index contributed by atoms with van der Waals surface area (Å²) in [7, 11) is 0. The van der Waals surface area contributed by atoms with Gasteiger partial charge in [-0.15, -0.1) is 0 Å². The van der Waals surface area contributed by atoms with Gasteiger partial charge in [0.15, 0.2) is 0 Å². The van der Waals surface area contributed by atoms with Crippen molar-refractivity contribution < 1.29 is 9.90 Å². The number of hydrogen-bond donors (Lipinski definition) is 1. The number of allylic oxidation sites excluding steroid dienone is 1. The van der Waals surface area contributed by atoms with E-state index in [4.69, 9.17) is 0 Å². The minimum Gasteiger partial charge on any atom is -0.385 e. The van der Waals surface area contributed by atoms with Crippen LogP contribution in [0.5, 0.6) is 0 Å². The van der Waals surface area contributed by atoms with Crippen LogP contribution in [0.2, 0.25) is 0 Å². The largest absolute Gasteiger partial charge is 0.385 e. The summed E-state index contributed by atoms with van der Waals surface area (Å²) in [5.41, 5.74) is 1.13. The lowest BCUT2D eigenvalue weighted by molar-refractivity contribution is -0.124. The van der Waals surface area contributed by atoms with Gasteiger partial charge in [0.2, 0.25) is 0 Å². The third kappa shape index (κ3) is 3.41. The minimum atomic E-state index is -0.856. The second kappa shape index (κ2) is 5.53. The van der Waals surface area contributed by atoms with Crippen molar-refractivity contribution in [3.63, 3.8) is 0 Å². The normalized spacial score (nSPS) is 31.5. The van der Waals surface area contributed by atoms with E-state index in [0.29, 0.717) is 12.2 Å². The fraction of sp³-hybridized carbons (Fsp3) is 0.842. The highest BCUT2D eigenvalue weighted by atomic mass is 16.3. The van der Waals surface area contributed by atoms with E-state index in [1.807, 2.05) is 20.8 Å². The van der Waals surface area contributed by atoms with E-state index in [1.165, 1.54) is 0 Å². The molecule has 0 spiro atoms. The molecule has 0 fully saturated rings. The molecule has 1 rings (SSSR count). The molecule has 3 atom stereocenters. The first kappa shape index (κ1) is 18.4. The van der Waals surface area contributed by atoms with Crippen LogP contribution in [0.15, 0.2) is 11.1 Å². The van der Waals surface area contributed by atoms with Crippen LogP contribution < -0.4 is 0 Å². The zero-order chi connectivity index (χ0) is 16.8. The molecule has 0 saturated carbocycles. The number of aliphatic hydroxyl groups is 1. The van der Waals surface area contributed by atoms with Gasteiger partial charge in [-0.1, -0.05) is 54.0 Å². The molecule has 0 aromatic carbocycles. The Balaban J connectivity index is 3.55. The number of Topliss-reactive ketones (excluding diaryl/α,β-unsaturated/α-hetero) is 1. The van der Waals surface area contributed by atoms with Gasteiger partial charge in [0, 0.05) is 12.3 Å². The van der Waals surface area contributed by atoms with Crippen LogP contribution in [-0.4, -0.2) is 16.5 Å².